The third-order valence-electron chi connectivity index (χ3n) is 11.5. The number of hydrogen-bond acceptors (Lipinski definition) is 13. The first kappa shape index (κ1) is 50.9. The second-order valence-corrected chi connectivity index (χ2v) is 28.6. The molecule has 67 heavy (non-hydrogen) atoms. The number of benzene rings is 4. The number of aromatic nitrogens is 4. The molecule has 0 bridgehead atoms. The third-order valence-corrected chi connectivity index (χ3v) is 17.4. The second-order valence-electron chi connectivity index (χ2n) is 19.0. The van der Waals surface area contributed by atoms with Gasteiger partial charge in [-0.05, 0) is 122 Å². The quantitative estimate of drug-likeness (QED) is 0.0740. The SMILES string of the molecule is COc1ccc(CN(Cc2ccc(OC)cc2)S(=O)(=O)c2c(S(=O)(=O)CC[Si](C)(C)C)ccc(N3CCC(CCNC(=O)OC(C)(C)C)CC3)c2-c2nnn(Cc3ccc(OC)cc3)n2)cc1. The van der Waals surface area contributed by atoms with E-state index in [4.69, 9.17) is 24.0 Å². The van der Waals surface area contributed by atoms with Crippen molar-refractivity contribution in [2.45, 2.75) is 101 Å². The maximum Gasteiger partial charge on any atom is 0.407 e. The van der Waals surface area contributed by atoms with Gasteiger partial charge in [-0.2, -0.15) is 9.10 Å². The van der Waals surface area contributed by atoms with Crippen molar-refractivity contribution >= 4 is 39.7 Å². The molecule has 1 fully saturated rings. The lowest BCUT2D eigenvalue weighted by Gasteiger charge is -2.35. The molecule has 1 saturated heterocycles. The summed E-state index contributed by atoms with van der Waals surface area (Å²) in [5.74, 6) is 1.88. The van der Waals surface area contributed by atoms with E-state index in [2.05, 4.69) is 40.2 Å². The molecule has 19 heteroatoms. The van der Waals surface area contributed by atoms with E-state index in [1.807, 2.05) is 45.0 Å². The number of carbonyl (C=O) groups is 1. The van der Waals surface area contributed by atoms with Crippen LogP contribution in [0.25, 0.3) is 11.4 Å². The predicted molar refractivity (Wildman–Crippen MR) is 262 cm³/mol. The second kappa shape index (κ2) is 21.6. The van der Waals surface area contributed by atoms with Crippen molar-refractivity contribution in [1.82, 2.24) is 29.8 Å². The summed E-state index contributed by atoms with van der Waals surface area (Å²) < 4.78 is 84.6. The van der Waals surface area contributed by atoms with E-state index in [9.17, 15) is 13.2 Å². The van der Waals surface area contributed by atoms with E-state index in [1.165, 1.54) is 15.2 Å². The number of rotatable bonds is 20. The standard InChI is InChI=1S/C48H65N7O9S2Si/c1-48(2,3)64-47(56)49-27-24-35-25-28-53(29-26-35)42-22-23-43(65(57,58)30-31-67(7,8)9)45(44(42)46-50-52-55(51-46)34-38-14-20-41(63-6)21-15-38)66(59,60)54(32-36-10-16-39(61-4)17-11-36)33-37-12-18-40(62-5)19-13-37/h10-23,35H,24-34H2,1-9H3,(H,49,56). The summed E-state index contributed by atoms with van der Waals surface area (Å²) in [6.07, 6.45) is 1.71. The summed E-state index contributed by atoms with van der Waals surface area (Å²) in [5.41, 5.74) is 2.09. The van der Waals surface area contributed by atoms with E-state index >= 15 is 8.42 Å². The molecule has 1 aromatic heterocycles. The van der Waals surface area contributed by atoms with Gasteiger partial charge in [0.05, 0.1) is 44.1 Å². The summed E-state index contributed by atoms with van der Waals surface area (Å²) in [7, 11) is -6.21. The van der Waals surface area contributed by atoms with Gasteiger partial charge in [0.15, 0.2) is 9.84 Å². The highest BCUT2D eigenvalue weighted by molar-refractivity contribution is 7.93. The third kappa shape index (κ3) is 13.8. The van der Waals surface area contributed by atoms with Gasteiger partial charge in [0.2, 0.25) is 15.8 Å². The smallest absolute Gasteiger partial charge is 0.407 e. The van der Waals surface area contributed by atoms with E-state index in [0.29, 0.717) is 59.7 Å². The number of methoxy groups -OCH3 is 3. The average Bonchev–Trinajstić information content (AvgIpc) is 3.76. The number of sulfone groups is 1. The average molecular weight is 976 g/mol. The van der Waals surface area contributed by atoms with Gasteiger partial charge in [-0.15, -0.1) is 10.2 Å². The summed E-state index contributed by atoms with van der Waals surface area (Å²) in [4.78, 5) is 15.1. The zero-order valence-corrected chi connectivity index (χ0v) is 42.7. The fourth-order valence-corrected chi connectivity index (χ4v) is 14.5. The molecule has 6 rings (SSSR count). The summed E-state index contributed by atoms with van der Waals surface area (Å²) >= 11 is 0. The highest BCUT2D eigenvalue weighted by Crippen LogP contribution is 2.43. The molecular weight excluding hydrogens is 911 g/mol. The number of hydrogen-bond donors (Lipinski definition) is 1. The van der Waals surface area contributed by atoms with Crippen LogP contribution in [0.2, 0.25) is 25.7 Å². The maximum atomic E-state index is 16.0. The van der Waals surface area contributed by atoms with Crippen molar-refractivity contribution in [3.63, 3.8) is 0 Å². The van der Waals surface area contributed by atoms with Crippen molar-refractivity contribution in [3.05, 3.63) is 102 Å². The lowest BCUT2D eigenvalue weighted by atomic mass is 9.93. The van der Waals surface area contributed by atoms with Crippen LogP contribution in [-0.4, -0.2) is 108 Å². The number of amides is 1. The molecule has 0 spiro atoms. The summed E-state index contributed by atoms with van der Waals surface area (Å²) in [5, 5.41) is 16.6. The number of anilines is 1. The van der Waals surface area contributed by atoms with Gasteiger partial charge < -0.3 is 29.2 Å². The fraction of sp³-hybridized carbons (Fsp3) is 0.458. The molecule has 362 valence electrons. The van der Waals surface area contributed by atoms with Crippen LogP contribution < -0.4 is 24.4 Å². The molecule has 1 amide bonds. The maximum absolute atomic E-state index is 16.0. The number of alkyl carbamates (subject to hydrolysis) is 1. The number of tetrazole rings is 1. The Labute approximate surface area is 396 Å². The molecular formula is C48H65N7O9S2Si. The zero-order chi connectivity index (χ0) is 48.6. The summed E-state index contributed by atoms with van der Waals surface area (Å²) in [6, 6.07) is 25.1. The molecule has 0 radical (unpaired) electrons. The van der Waals surface area contributed by atoms with Gasteiger partial charge in [0, 0.05) is 46.5 Å². The topological polar surface area (TPSA) is 184 Å². The van der Waals surface area contributed by atoms with Gasteiger partial charge in [-0.1, -0.05) is 56.0 Å². The zero-order valence-electron chi connectivity index (χ0n) is 40.1. The first-order valence-corrected chi connectivity index (χ1v) is 29.3. The molecule has 1 N–H and O–H groups in total. The minimum absolute atomic E-state index is 0.0261. The number of nitrogens with zero attached hydrogens (tertiary/aromatic N) is 6. The number of piperidine rings is 1. The van der Waals surface area contributed by atoms with Crippen LogP contribution in [0.1, 0.15) is 56.7 Å². The van der Waals surface area contributed by atoms with Gasteiger partial charge in [-0.25, -0.2) is 21.6 Å². The largest absolute Gasteiger partial charge is 0.497 e. The molecule has 0 unspecified atom stereocenters. The molecule has 0 aliphatic carbocycles. The van der Waals surface area contributed by atoms with Crippen LogP contribution >= 0.6 is 0 Å². The Morgan fingerprint density at radius 1 is 0.776 bits per heavy atom. The van der Waals surface area contributed by atoms with Crippen molar-refractivity contribution in [1.29, 1.82) is 0 Å². The minimum atomic E-state index is -4.74. The number of ether oxygens (including phenoxy) is 4. The Bertz CT molecular complexity index is 2610. The molecule has 4 aromatic carbocycles. The van der Waals surface area contributed by atoms with Crippen molar-refractivity contribution < 1.29 is 40.6 Å². The molecule has 2 heterocycles. The highest BCUT2D eigenvalue weighted by atomic mass is 32.2. The molecule has 1 aliphatic heterocycles. The van der Waals surface area contributed by atoms with Gasteiger partial charge in [0.25, 0.3) is 0 Å². The van der Waals surface area contributed by atoms with E-state index in [1.54, 1.807) is 75.9 Å². The Morgan fingerprint density at radius 3 is 1.79 bits per heavy atom. The van der Waals surface area contributed by atoms with Crippen LogP contribution in [0.5, 0.6) is 17.2 Å². The van der Waals surface area contributed by atoms with Crippen molar-refractivity contribution in [2.24, 2.45) is 5.92 Å². The molecule has 16 nitrogen and oxygen atoms in total. The first-order valence-electron chi connectivity index (χ1n) is 22.5. The van der Waals surface area contributed by atoms with Gasteiger partial charge in [-0.3, -0.25) is 0 Å². The van der Waals surface area contributed by atoms with Crippen LogP contribution in [0.15, 0.2) is 94.7 Å². The number of carbonyl (C=O) groups excluding carboxylic acids is 1. The van der Waals surface area contributed by atoms with E-state index < -0.39 is 44.5 Å². The Kier molecular flexibility index (Phi) is 16.4. The first-order chi connectivity index (χ1) is 31.7. The fourth-order valence-electron chi connectivity index (χ4n) is 7.77. The predicted octanol–water partition coefficient (Wildman–Crippen LogP) is 8.05. The summed E-state index contributed by atoms with van der Waals surface area (Å²) in [6.45, 7) is 13.2. The molecule has 0 atom stereocenters. The number of sulfonamides is 1. The van der Waals surface area contributed by atoms with Crippen LogP contribution in [0.4, 0.5) is 10.5 Å². The normalized spacial score (nSPS) is 14.0. The van der Waals surface area contributed by atoms with E-state index in [0.717, 1.165) is 24.8 Å². The lowest BCUT2D eigenvalue weighted by Crippen LogP contribution is -2.37. The van der Waals surface area contributed by atoms with E-state index in [-0.39, 0.29) is 47.6 Å². The van der Waals surface area contributed by atoms with Gasteiger partial charge in [0.1, 0.15) is 27.7 Å². The minimum Gasteiger partial charge on any atom is -0.497 e. The molecule has 5 aromatic rings. The lowest BCUT2D eigenvalue weighted by molar-refractivity contribution is 0.0524. The number of nitrogens with one attached hydrogen (secondary N) is 1. The van der Waals surface area contributed by atoms with Crippen LogP contribution in [-0.2, 0) is 44.2 Å². The molecule has 1 aliphatic rings. The van der Waals surface area contributed by atoms with Crippen LogP contribution in [0.3, 0.4) is 0 Å². The van der Waals surface area contributed by atoms with Crippen LogP contribution in [0, 0.1) is 5.92 Å². The van der Waals surface area contributed by atoms with Crippen molar-refractivity contribution in [2.75, 3.05) is 51.6 Å². The monoisotopic (exact) mass is 975 g/mol. The Hall–Kier alpha value is -5.50. The molecule has 0 saturated carbocycles. The Morgan fingerprint density at radius 2 is 1.30 bits per heavy atom. The Balaban J connectivity index is 1.50. The van der Waals surface area contributed by atoms with Gasteiger partial charge >= 0.3 is 6.09 Å². The highest BCUT2D eigenvalue weighted by Gasteiger charge is 2.39. The van der Waals surface area contributed by atoms with Crippen molar-refractivity contribution in [3.8, 4) is 28.6 Å².